The largest absolute Gasteiger partial charge is 0.468 e. The Hall–Kier alpha value is -1.74. The van der Waals surface area contributed by atoms with Gasteiger partial charge < -0.3 is 15.1 Å². The maximum absolute atomic E-state index is 5.42. The highest BCUT2D eigenvalue weighted by atomic mass is 16.3. The number of nitrogens with one attached hydrogen (secondary N) is 2. The summed E-state index contributed by atoms with van der Waals surface area (Å²) in [4.78, 5) is 0. The number of fused-ring (bicyclic) bond motifs is 1. The molecule has 3 nitrogen and oxygen atoms in total. The van der Waals surface area contributed by atoms with E-state index in [1.807, 2.05) is 12.1 Å². The molecule has 1 aromatic heterocycles. The molecule has 0 saturated carbocycles. The van der Waals surface area contributed by atoms with Crippen LogP contribution < -0.4 is 10.6 Å². The monoisotopic (exact) mass is 256 g/mol. The molecule has 3 heteroatoms. The van der Waals surface area contributed by atoms with Crippen molar-refractivity contribution in [2.24, 2.45) is 0 Å². The van der Waals surface area contributed by atoms with Crippen molar-refractivity contribution >= 4 is 5.69 Å². The Labute approximate surface area is 114 Å². The maximum atomic E-state index is 5.42. The van der Waals surface area contributed by atoms with Crippen LogP contribution in [0.25, 0.3) is 0 Å². The average Bonchev–Trinajstić information content (AvgIpc) is 2.99. The molecule has 2 N–H and O–H groups in total. The summed E-state index contributed by atoms with van der Waals surface area (Å²) in [6.07, 6.45) is 4.13. The number of aryl methyl sites for hydroxylation is 1. The van der Waals surface area contributed by atoms with E-state index in [4.69, 9.17) is 4.42 Å². The van der Waals surface area contributed by atoms with Gasteiger partial charge in [-0.05, 0) is 43.0 Å². The molecule has 0 fully saturated rings. The molecule has 0 spiro atoms. The van der Waals surface area contributed by atoms with Crippen molar-refractivity contribution in [3.8, 4) is 0 Å². The molecule has 19 heavy (non-hydrogen) atoms. The summed E-state index contributed by atoms with van der Waals surface area (Å²) in [5.74, 6) is 0.984. The molecule has 1 atom stereocenters. The molecule has 0 bridgehead atoms. The zero-order valence-electron chi connectivity index (χ0n) is 11.3. The zero-order valence-corrected chi connectivity index (χ0v) is 11.3. The van der Waals surface area contributed by atoms with E-state index in [0.717, 1.165) is 18.8 Å². The van der Waals surface area contributed by atoms with Gasteiger partial charge in [-0.1, -0.05) is 18.2 Å². The van der Waals surface area contributed by atoms with Crippen molar-refractivity contribution in [2.75, 3.05) is 11.9 Å². The number of rotatable bonds is 4. The van der Waals surface area contributed by atoms with Gasteiger partial charge in [0.2, 0.25) is 0 Å². The molecule has 0 unspecified atom stereocenters. The first-order valence-electron chi connectivity index (χ1n) is 6.96. The Morgan fingerprint density at radius 1 is 1.32 bits per heavy atom. The molecule has 2 heterocycles. The maximum Gasteiger partial charge on any atom is 0.120 e. The van der Waals surface area contributed by atoms with Crippen LogP contribution in [0.2, 0.25) is 0 Å². The van der Waals surface area contributed by atoms with E-state index in [1.54, 1.807) is 6.26 Å². The molecular weight excluding hydrogens is 236 g/mol. The van der Waals surface area contributed by atoms with E-state index in [2.05, 4.69) is 35.8 Å². The van der Waals surface area contributed by atoms with E-state index in [1.165, 1.54) is 29.7 Å². The number of para-hydroxylation sites is 1. The van der Waals surface area contributed by atoms with Crippen LogP contribution in [-0.4, -0.2) is 6.54 Å². The predicted molar refractivity (Wildman–Crippen MR) is 77.2 cm³/mol. The highest BCUT2D eigenvalue weighted by molar-refractivity contribution is 5.59. The summed E-state index contributed by atoms with van der Waals surface area (Å²) in [7, 11) is 0. The van der Waals surface area contributed by atoms with E-state index < -0.39 is 0 Å². The molecule has 0 aliphatic carbocycles. The predicted octanol–water partition coefficient (Wildman–Crippen LogP) is 3.49. The lowest BCUT2D eigenvalue weighted by Gasteiger charge is -2.22. The van der Waals surface area contributed by atoms with E-state index in [0.29, 0.717) is 0 Å². The summed E-state index contributed by atoms with van der Waals surface area (Å²) in [6, 6.07) is 10.7. The van der Waals surface area contributed by atoms with Crippen molar-refractivity contribution in [1.82, 2.24) is 5.32 Å². The van der Waals surface area contributed by atoms with Gasteiger partial charge in [0.15, 0.2) is 0 Å². The lowest BCUT2D eigenvalue weighted by atomic mass is 9.99. The number of anilines is 1. The van der Waals surface area contributed by atoms with Gasteiger partial charge in [-0.15, -0.1) is 0 Å². The van der Waals surface area contributed by atoms with Crippen molar-refractivity contribution in [3.05, 3.63) is 53.5 Å². The molecule has 0 saturated heterocycles. The second-order valence-electron chi connectivity index (χ2n) is 5.10. The Balaban J connectivity index is 1.70. The third kappa shape index (κ3) is 2.66. The quantitative estimate of drug-likeness (QED) is 0.879. The number of hydrogen-bond acceptors (Lipinski definition) is 3. The molecule has 3 rings (SSSR count). The Morgan fingerprint density at radius 2 is 2.26 bits per heavy atom. The lowest BCUT2D eigenvalue weighted by Crippen LogP contribution is -2.20. The molecular formula is C16H20N2O. The van der Waals surface area contributed by atoms with Gasteiger partial charge in [-0.3, -0.25) is 0 Å². The zero-order chi connectivity index (χ0) is 13.1. The van der Waals surface area contributed by atoms with Gasteiger partial charge in [0.1, 0.15) is 5.76 Å². The third-order valence-electron chi connectivity index (χ3n) is 3.73. The molecule has 1 aliphatic rings. The van der Waals surface area contributed by atoms with E-state index >= 15 is 0 Å². The summed E-state index contributed by atoms with van der Waals surface area (Å²) in [5, 5.41) is 7.04. The Morgan fingerprint density at radius 3 is 3.11 bits per heavy atom. The molecule has 100 valence electrons. The van der Waals surface area contributed by atoms with Crippen molar-refractivity contribution < 1.29 is 4.42 Å². The number of furan rings is 1. The molecule has 0 radical (unpaired) electrons. The Bertz CT molecular complexity index is 534. The number of hydrogen-bond donors (Lipinski definition) is 2. The highest BCUT2D eigenvalue weighted by Crippen LogP contribution is 2.26. The van der Waals surface area contributed by atoms with E-state index in [9.17, 15) is 0 Å². The summed E-state index contributed by atoms with van der Waals surface area (Å²) >= 11 is 0. The van der Waals surface area contributed by atoms with Crippen LogP contribution >= 0.6 is 0 Å². The summed E-state index contributed by atoms with van der Waals surface area (Å²) in [5.41, 5.74) is 4.11. The first-order valence-corrected chi connectivity index (χ1v) is 6.96. The van der Waals surface area contributed by atoms with Gasteiger partial charge in [0, 0.05) is 18.8 Å². The molecule has 1 aliphatic heterocycles. The number of benzene rings is 1. The normalized spacial score (nSPS) is 15.6. The topological polar surface area (TPSA) is 37.2 Å². The van der Waals surface area contributed by atoms with Crippen LogP contribution in [0.15, 0.2) is 41.0 Å². The van der Waals surface area contributed by atoms with Crippen molar-refractivity contribution in [3.63, 3.8) is 0 Å². The third-order valence-corrected chi connectivity index (χ3v) is 3.73. The first kappa shape index (κ1) is 12.3. The second-order valence-corrected chi connectivity index (χ2v) is 5.10. The van der Waals surface area contributed by atoms with Crippen molar-refractivity contribution in [2.45, 2.75) is 32.4 Å². The van der Waals surface area contributed by atoms with Crippen LogP contribution in [0.1, 0.15) is 36.3 Å². The van der Waals surface area contributed by atoms with Crippen LogP contribution in [0.5, 0.6) is 0 Å². The SMILES string of the molecule is C[C@H](NCc1cccc2c1NCCC2)c1ccco1. The summed E-state index contributed by atoms with van der Waals surface area (Å²) in [6.45, 7) is 4.07. The minimum Gasteiger partial charge on any atom is -0.468 e. The fraction of sp³-hybridized carbons (Fsp3) is 0.375. The van der Waals surface area contributed by atoms with Gasteiger partial charge in [0.25, 0.3) is 0 Å². The Kier molecular flexibility index (Phi) is 3.56. The van der Waals surface area contributed by atoms with Gasteiger partial charge in [-0.25, -0.2) is 0 Å². The molecule has 0 amide bonds. The minimum atomic E-state index is 0.231. The molecule has 2 aromatic rings. The van der Waals surface area contributed by atoms with Crippen LogP contribution in [0, 0.1) is 0 Å². The van der Waals surface area contributed by atoms with Gasteiger partial charge in [-0.2, -0.15) is 0 Å². The second kappa shape index (κ2) is 5.49. The first-order chi connectivity index (χ1) is 9.34. The van der Waals surface area contributed by atoms with Crippen LogP contribution in [0.4, 0.5) is 5.69 Å². The van der Waals surface area contributed by atoms with E-state index in [-0.39, 0.29) is 6.04 Å². The fourth-order valence-corrected chi connectivity index (χ4v) is 2.63. The fourth-order valence-electron chi connectivity index (χ4n) is 2.63. The van der Waals surface area contributed by atoms with Gasteiger partial charge in [0.05, 0.1) is 12.3 Å². The minimum absolute atomic E-state index is 0.231. The van der Waals surface area contributed by atoms with Crippen molar-refractivity contribution in [1.29, 1.82) is 0 Å². The smallest absolute Gasteiger partial charge is 0.120 e. The van der Waals surface area contributed by atoms with Crippen LogP contribution in [-0.2, 0) is 13.0 Å². The standard InChI is InChI=1S/C16H20N2O/c1-12(15-8-4-10-19-15)18-11-14-6-2-5-13-7-3-9-17-16(13)14/h2,4-6,8,10,12,17-18H,3,7,9,11H2,1H3/t12-/m0/s1. The average molecular weight is 256 g/mol. The summed E-state index contributed by atoms with van der Waals surface area (Å²) < 4.78 is 5.42. The van der Waals surface area contributed by atoms with Gasteiger partial charge >= 0.3 is 0 Å². The highest BCUT2D eigenvalue weighted by Gasteiger charge is 2.13. The molecule has 1 aromatic carbocycles. The van der Waals surface area contributed by atoms with Crippen LogP contribution in [0.3, 0.4) is 0 Å². The lowest BCUT2D eigenvalue weighted by molar-refractivity contribution is 0.430.